The quantitative estimate of drug-likeness (QED) is 0.523. The van der Waals surface area contributed by atoms with Crippen LogP contribution < -0.4 is 20.9 Å². The lowest BCUT2D eigenvalue weighted by Crippen LogP contribution is -2.42. The van der Waals surface area contributed by atoms with Crippen LogP contribution in [0.5, 0.6) is 0 Å². The molecular weight excluding hydrogens is 440 g/mol. The molecule has 8 heteroatoms. The summed E-state index contributed by atoms with van der Waals surface area (Å²) in [6, 6.07) is 6.55. The van der Waals surface area contributed by atoms with Crippen molar-refractivity contribution in [3.05, 3.63) is 40.0 Å². The summed E-state index contributed by atoms with van der Waals surface area (Å²) >= 11 is 11.7. The van der Waals surface area contributed by atoms with Crippen molar-refractivity contribution in [2.45, 2.75) is 70.4 Å². The lowest BCUT2D eigenvalue weighted by atomic mass is 9.91. The van der Waals surface area contributed by atoms with E-state index >= 15 is 0 Å². The molecule has 172 valence electrons. The van der Waals surface area contributed by atoms with E-state index in [2.05, 4.69) is 34.9 Å². The number of rotatable bonds is 5. The molecule has 0 saturated heterocycles. The highest BCUT2D eigenvalue weighted by atomic mass is 35.5. The SMILES string of the molecule is Cc1ccc(Cl)cc1NC(=S)NC1CCC(Nc2nc3c(c(N(C)C)n2)CCCC3)CC1. The van der Waals surface area contributed by atoms with Crippen LogP contribution in [0.4, 0.5) is 17.5 Å². The molecule has 0 aliphatic heterocycles. The number of hydrogen-bond acceptors (Lipinski definition) is 5. The van der Waals surface area contributed by atoms with E-state index in [0.717, 1.165) is 61.5 Å². The van der Waals surface area contributed by atoms with Crippen LogP contribution in [0.1, 0.15) is 55.3 Å². The summed E-state index contributed by atoms with van der Waals surface area (Å²) in [5.74, 6) is 1.85. The second-order valence-electron chi connectivity index (χ2n) is 9.15. The molecule has 3 N–H and O–H groups in total. The standard InChI is InChI=1S/C24H33ClN6S/c1-15-8-9-16(25)14-21(15)29-24(32)27-18-12-10-17(11-13-18)26-23-28-20-7-5-4-6-19(20)22(30-23)31(2)3/h8-9,14,17-18H,4-7,10-13H2,1-3H3,(H,26,28,30)(H2,27,29,32). The zero-order valence-corrected chi connectivity index (χ0v) is 20.7. The highest BCUT2D eigenvalue weighted by Crippen LogP contribution is 2.29. The molecule has 0 atom stereocenters. The molecule has 0 amide bonds. The number of fused-ring (bicyclic) bond motifs is 1. The Balaban J connectivity index is 1.31. The minimum Gasteiger partial charge on any atom is -0.362 e. The van der Waals surface area contributed by atoms with E-state index in [1.165, 1.54) is 24.1 Å². The van der Waals surface area contributed by atoms with Crippen LogP contribution >= 0.6 is 23.8 Å². The maximum atomic E-state index is 6.12. The van der Waals surface area contributed by atoms with E-state index in [1.807, 2.05) is 25.1 Å². The summed E-state index contributed by atoms with van der Waals surface area (Å²) in [6.45, 7) is 2.04. The van der Waals surface area contributed by atoms with Crippen molar-refractivity contribution >= 4 is 46.4 Å². The van der Waals surface area contributed by atoms with Crippen LogP contribution in [0.25, 0.3) is 0 Å². The molecule has 1 aromatic carbocycles. The van der Waals surface area contributed by atoms with E-state index in [0.29, 0.717) is 22.2 Å². The summed E-state index contributed by atoms with van der Waals surface area (Å²) in [5, 5.41) is 11.7. The van der Waals surface area contributed by atoms with Gasteiger partial charge < -0.3 is 20.9 Å². The number of anilines is 3. The van der Waals surface area contributed by atoms with Crippen molar-refractivity contribution < 1.29 is 0 Å². The predicted octanol–water partition coefficient (Wildman–Crippen LogP) is 5.09. The van der Waals surface area contributed by atoms with Crippen molar-refractivity contribution in [2.75, 3.05) is 29.6 Å². The third-order valence-electron chi connectivity index (χ3n) is 6.43. The third-order valence-corrected chi connectivity index (χ3v) is 6.88. The van der Waals surface area contributed by atoms with Crippen molar-refractivity contribution in [2.24, 2.45) is 0 Å². The molecule has 0 unspecified atom stereocenters. The fraction of sp³-hybridized carbons (Fsp3) is 0.542. The maximum Gasteiger partial charge on any atom is 0.225 e. The number of nitrogens with zero attached hydrogens (tertiary/aromatic N) is 3. The molecule has 1 heterocycles. The summed E-state index contributed by atoms with van der Waals surface area (Å²) < 4.78 is 0. The van der Waals surface area contributed by atoms with E-state index in [9.17, 15) is 0 Å². The highest BCUT2D eigenvalue weighted by Gasteiger charge is 2.24. The smallest absolute Gasteiger partial charge is 0.225 e. The van der Waals surface area contributed by atoms with Crippen molar-refractivity contribution in [1.82, 2.24) is 15.3 Å². The van der Waals surface area contributed by atoms with Crippen LogP contribution in [0.15, 0.2) is 18.2 Å². The fourth-order valence-electron chi connectivity index (χ4n) is 4.65. The van der Waals surface area contributed by atoms with Gasteiger partial charge in [0.25, 0.3) is 0 Å². The number of halogens is 1. The van der Waals surface area contributed by atoms with Gasteiger partial charge in [0.2, 0.25) is 5.95 Å². The maximum absolute atomic E-state index is 6.12. The fourth-order valence-corrected chi connectivity index (χ4v) is 5.09. The second-order valence-corrected chi connectivity index (χ2v) is 9.99. The number of hydrogen-bond donors (Lipinski definition) is 3. The van der Waals surface area contributed by atoms with E-state index in [-0.39, 0.29) is 0 Å². The average molecular weight is 473 g/mol. The Labute approximate surface area is 201 Å². The molecule has 0 spiro atoms. The molecule has 32 heavy (non-hydrogen) atoms. The van der Waals surface area contributed by atoms with E-state index in [4.69, 9.17) is 33.8 Å². The first-order chi connectivity index (χ1) is 15.4. The predicted molar refractivity (Wildman–Crippen MR) is 138 cm³/mol. The largest absolute Gasteiger partial charge is 0.362 e. The Morgan fingerprint density at radius 2 is 1.78 bits per heavy atom. The molecule has 2 aliphatic carbocycles. The first-order valence-electron chi connectivity index (χ1n) is 11.6. The minimum atomic E-state index is 0.370. The summed E-state index contributed by atoms with van der Waals surface area (Å²) in [7, 11) is 4.14. The second kappa shape index (κ2) is 10.2. The molecule has 2 aromatic rings. The first kappa shape index (κ1) is 23.1. The van der Waals surface area contributed by atoms with Crippen molar-refractivity contribution in [3.63, 3.8) is 0 Å². The van der Waals surface area contributed by atoms with Gasteiger partial charge in [0.1, 0.15) is 5.82 Å². The van der Waals surface area contributed by atoms with Crippen LogP contribution in [-0.4, -0.2) is 41.3 Å². The molecule has 6 nitrogen and oxygen atoms in total. The zero-order chi connectivity index (χ0) is 22.7. The molecule has 2 aliphatic rings. The lowest BCUT2D eigenvalue weighted by Gasteiger charge is -2.31. The highest BCUT2D eigenvalue weighted by molar-refractivity contribution is 7.80. The van der Waals surface area contributed by atoms with Gasteiger partial charge in [0, 0.05) is 42.5 Å². The van der Waals surface area contributed by atoms with Gasteiger partial charge in [-0.05, 0) is 88.2 Å². The van der Waals surface area contributed by atoms with Gasteiger partial charge in [-0.25, -0.2) is 4.98 Å². The Morgan fingerprint density at radius 3 is 2.53 bits per heavy atom. The summed E-state index contributed by atoms with van der Waals surface area (Å²) in [4.78, 5) is 11.8. The van der Waals surface area contributed by atoms with Crippen LogP contribution in [0.3, 0.4) is 0 Å². The molecule has 1 aromatic heterocycles. The Morgan fingerprint density at radius 1 is 1.06 bits per heavy atom. The molecule has 4 rings (SSSR count). The first-order valence-corrected chi connectivity index (χ1v) is 12.3. The van der Waals surface area contributed by atoms with Crippen molar-refractivity contribution in [1.29, 1.82) is 0 Å². The van der Waals surface area contributed by atoms with Gasteiger partial charge in [-0.15, -0.1) is 0 Å². The van der Waals surface area contributed by atoms with Gasteiger partial charge in [-0.2, -0.15) is 4.98 Å². The number of nitrogens with one attached hydrogen (secondary N) is 3. The van der Waals surface area contributed by atoms with Gasteiger partial charge >= 0.3 is 0 Å². The van der Waals surface area contributed by atoms with Gasteiger partial charge in [0.15, 0.2) is 5.11 Å². The zero-order valence-electron chi connectivity index (χ0n) is 19.2. The van der Waals surface area contributed by atoms with Gasteiger partial charge in [-0.1, -0.05) is 17.7 Å². The Hall–Kier alpha value is -2.12. The summed E-state index contributed by atoms with van der Waals surface area (Å²) in [5.41, 5.74) is 4.62. The molecule has 1 fully saturated rings. The van der Waals surface area contributed by atoms with Gasteiger partial charge in [-0.3, -0.25) is 0 Å². The lowest BCUT2D eigenvalue weighted by molar-refractivity contribution is 0.387. The third kappa shape index (κ3) is 5.62. The van der Waals surface area contributed by atoms with Crippen molar-refractivity contribution in [3.8, 4) is 0 Å². The van der Waals surface area contributed by atoms with Crippen LogP contribution in [0, 0.1) is 6.92 Å². The number of aromatic nitrogens is 2. The minimum absolute atomic E-state index is 0.370. The Bertz CT molecular complexity index is 971. The van der Waals surface area contributed by atoms with E-state index in [1.54, 1.807) is 0 Å². The molecule has 0 bridgehead atoms. The average Bonchev–Trinajstić information content (AvgIpc) is 2.77. The van der Waals surface area contributed by atoms with E-state index < -0.39 is 0 Å². The van der Waals surface area contributed by atoms with Gasteiger partial charge in [0.05, 0.1) is 5.69 Å². The Kier molecular flexibility index (Phi) is 7.36. The summed E-state index contributed by atoms with van der Waals surface area (Å²) in [6.07, 6.45) is 8.83. The topological polar surface area (TPSA) is 65.1 Å². The number of thiocarbonyl (C=S) groups is 1. The molecule has 0 radical (unpaired) electrons. The number of benzene rings is 1. The molecule has 1 saturated carbocycles. The molecular formula is C24H33ClN6S. The normalized spacial score (nSPS) is 20.2. The van der Waals surface area contributed by atoms with Crippen LogP contribution in [0.2, 0.25) is 5.02 Å². The number of aryl methyl sites for hydroxylation is 2. The monoisotopic (exact) mass is 472 g/mol. The van der Waals surface area contributed by atoms with Crippen LogP contribution in [-0.2, 0) is 12.8 Å².